The van der Waals surface area contributed by atoms with Crippen molar-refractivity contribution in [2.24, 2.45) is 13.0 Å². The van der Waals surface area contributed by atoms with E-state index in [2.05, 4.69) is 5.32 Å². The summed E-state index contributed by atoms with van der Waals surface area (Å²) >= 11 is 0. The molecule has 0 saturated carbocycles. The Balaban J connectivity index is 2.15. The van der Waals surface area contributed by atoms with Crippen LogP contribution < -0.4 is 16.6 Å². The molecule has 1 unspecified atom stereocenters. The van der Waals surface area contributed by atoms with E-state index in [0.717, 1.165) is 25.9 Å². The third-order valence-corrected chi connectivity index (χ3v) is 4.16. The molecule has 6 heteroatoms. The number of halogens is 1. The second-order valence-corrected chi connectivity index (χ2v) is 5.61. The quantitative estimate of drug-likeness (QED) is 0.892. The van der Waals surface area contributed by atoms with Crippen LogP contribution in [0.25, 0.3) is 10.9 Å². The molecule has 0 spiro atoms. The second-order valence-electron chi connectivity index (χ2n) is 5.61. The molecule has 1 aliphatic heterocycles. The highest BCUT2D eigenvalue weighted by Gasteiger charge is 2.18. The number of rotatable bonds is 2. The maximum Gasteiger partial charge on any atom is 0.331 e. The van der Waals surface area contributed by atoms with Gasteiger partial charge in [0.2, 0.25) is 0 Å². The largest absolute Gasteiger partial charge is 0.331 e. The third-order valence-electron chi connectivity index (χ3n) is 4.16. The highest BCUT2D eigenvalue weighted by Crippen LogP contribution is 2.14. The first-order valence-electron chi connectivity index (χ1n) is 7.18. The third kappa shape index (κ3) is 2.40. The van der Waals surface area contributed by atoms with Crippen molar-refractivity contribution in [1.82, 2.24) is 14.5 Å². The van der Waals surface area contributed by atoms with Gasteiger partial charge in [-0.15, -0.1) is 0 Å². The molecule has 21 heavy (non-hydrogen) atoms. The molecule has 0 aliphatic carbocycles. The molecule has 1 fully saturated rings. The molecule has 1 N–H and O–H groups in total. The first kappa shape index (κ1) is 14.0. The fourth-order valence-electron chi connectivity index (χ4n) is 3.04. The number of hydrogen-bond donors (Lipinski definition) is 1. The Morgan fingerprint density at radius 1 is 1.38 bits per heavy atom. The van der Waals surface area contributed by atoms with Gasteiger partial charge in [-0.2, -0.15) is 0 Å². The molecule has 0 bridgehead atoms. The maximum atomic E-state index is 13.9. The van der Waals surface area contributed by atoms with Crippen molar-refractivity contribution in [2.45, 2.75) is 19.4 Å². The average molecular weight is 291 g/mol. The van der Waals surface area contributed by atoms with Crippen LogP contribution in [0, 0.1) is 11.7 Å². The van der Waals surface area contributed by atoms with Gasteiger partial charge < -0.3 is 5.32 Å². The molecular formula is C15H18FN3O2. The predicted molar refractivity (Wildman–Crippen MR) is 79.0 cm³/mol. The highest BCUT2D eigenvalue weighted by molar-refractivity contribution is 5.78. The van der Waals surface area contributed by atoms with Gasteiger partial charge in [0, 0.05) is 13.6 Å². The second kappa shape index (κ2) is 5.44. The molecule has 5 nitrogen and oxygen atoms in total. The van der Waals surface area contributed by atoms with Gasteiger partial charge in [0.25, 0.3) is 5.56 Å². The number of piperidine rings is 1. The van der Waals surface area contributed by atoms with E-state index in [-0.39, 0.29) is 16.8 Å². The summed E-state index contributed by atoms with van der Waals surface area (Å²) in [6.45, 7) is 2.16. The minimum atomic E-state index is -0.546. The lowest BCUT2D eigenvalue weighted by Gasteiger charge is -2.23. The zero-order chi connectivity index (χ0) is 15.0. The number of hydrogen-bond acceptors (Lipinski definition) is 3. The number of aryl methyl sites for hydroxylation is 1. The van der Waals surface area contributed by atoms with Gasteiger partial charge in [0.15, 0.2) is 0 Å². The van der Waals surface area contributed by atoms with Gasteiger partial charge in [-0.05, 0) is 44.0 Å². The molecule has 1 saturated heterocycles. The van der Waals surface area contributed by atoms with E-state index in [1.165, 1.54) is 28.3 Å². The summed E-state index contributed by atoms with van der Waals surface area (Å²) in [5.74, 6) is -0.286. The lowest BCUT2D eigenvalue weighted by Crippen LogP contribution is -2.43. The number of nitrogens with zero attached hydrogens (tertiary/aromatic N) is 2. The minimum absolute atomic E-state index is 0.0746. The summed E-state index contributed by atoms with van der Waals surface area (Å²) in [5.41, 5.74) is -0.785. The van der Waals surface area contributed by atoms with E-state index >= 15 is 0 Å². The van der Waals surface area contributed by atoms with Gasteiger partial charge in [0.05, 0.1) is 10.9 Å². The van der Waals surface area contributed by atoms with Gasteiger partial charge in [-0.25, -0.2) is 9.18 Å². The number of fused-ring (bicyclic) bond motifs is 1. The topological polar surface area (TPSA) is 56.0 Å². The van der Waals surface area contributed by atoms with Gasteiger partial charge in [-0.1, -0.05) is 6.07 Å². The van der Waals surface area contributed by atoms with Crippen LogP contribution in [0.4, 0.5) is 4.39 Å². The molecule has 1 aromatic heterocycles. The maximum absolute atomic E-state index is 13.9. The Hall–Kier alpha value is -1.95. The fourth-order valence-corrected chi connectivity index (χ4v) is 3.04. The summed E-state index contributed by atoms with van der Waals surface area (Å²) in [7, 11) is 1.50. The summed E-state index contributed by atoms with van der Waals surface area (Å²) in [6, 6.07) is 4.32. The summed E-state index contributed by atoms with van der Waals surface area (Å²) in [4.78, 5) is 24.9. The van der Waals surface area contributed by atoms with Crippen molar-refractivity contribution in [3.63, 3.8) is 0 Å². The fraction of sp³-hybridized carbons (Fsp3) is 0.467. The SMILES string of the molecule is Cn1c(=O)n(CC2CCCNC2)c(=O)c2cccc(F)c21. The molecule has 2 heterocycles. The average Bonchev–Trinajstić information content (AvgIpc) is 2.50. The lowest BCUT2D eigenvalue weighted by atomic mass is 10.00. The van der Waals surface area contributed by atoms with E-state index in [9.17, 15) is 14.0 Å². The van der Waals surface area contributed by atoms with Crippen molar-refractivity contribution in [1.29, 1.82) is 0 Å². The molecular weight excluding hydrogens is 273 g/mol. The monoisotopic (exact) mass is 291 g/mol. The molecule has 1 atom stereocenters. The van der Waals surface area contributed by atoms with Crippen molar-refractivity contribution < 1.29 is 4.39 Å². The number of aromatic nitrogens is 2. The molecule has 1 aliphatic rings. The summed E-state index contributed by atoms with van der Waals surface area (Å²) in [5, 5.41) is 3.52. The minimum Gasteiger partial charge on any atom is -0.316 e. The standard InChI is InChI=1S/C15H18FN3O2/c1-18-13-11(5-2-6-12(13)16)14(20)19(15(18)21)9-10-4-3-7-17-8-10/h2,5-6,10,17H,3-4,7-9H2,1H3. The Morgan fingerprint density at radius 2 is 2.19 bits per heavy atom. The molecule has 2 aromatic rings. The van der Waals surface area contributed by atoms with E-state index in [1.807, 2.05) is 0 Å². The zero-order valence-corrected chi connectivity index (χ0v) is 11.9. The van der Waals surface area contributed by atoms with Crippen molar-refractivity contribution in [2.75, 3.05) is 13.1 Å². The van der Waals surface area contributed by atoms with E-state index in [1.54, 1.807) is 6.07 Å². The van der Waals surface area contributed by atoms with Crippen LogP contribution in [0.15, 0.2) is 27.8 Å². The van der Waals surface area contributed by atoms with Gasteiger partial charge in [-0.3, -0.25) is 13.9 Å². The molecule has 112 valence electrons. The predicted octanol–water partition coefficient (Wildman–Crippen LogP) is 0.839. The van der Waals surface area contributed by atoms with E-state index in [0.29, 0.717) is 6.54 Å². The van der Waals surface area contributed by atoms with Crippen molar-refractivity contribution in [3.8, 4) is 0 Å². The van der Waals surface area contributed by atoms with Crippen molar-refractivity contribution in [3.05, 3.63) is 44.9 Å². The van der Waals surface area contributed by atoms with E-state index < -0.39 is 17.1 Å². The summed E-state index contributed by atoms with van der Waals surface area (Å²) in [6.07, 6.45) is 2.03. The van der Waals surface area contributed by atoms with Crippen LogP contribution in [-0.4, -0.2) is 22.2 Å². The molecule has 3 rings (SSSR count). The van der Waals surface area contributed by atoms with Crippen LogP contribution in [0.2, 0.25) is 0 Å². The Kier molecular flexibility index (Phi) is 3.63. The van der Waals surface area contributed by atoms with Gasteiger partial charge in [0.1, 0.15) is 5.82 Å². The van der Waals surface area contributed by atoms with Crippen LogP contribution >= 0.6 is 0 Å². The zero-order valence-electron chi connectivity index (χ0n) is 11.9. The van der Waals surface area contributed by atoms with Crippen LogP contribution in [0.5, 0.6) is 0 Å². The number of benzene rings is 1. The Morgan fingerprint density at radius 3 is 2.90 bits per heavy atom. The first-order chi connectivity index (χ1) is 10.1. The summed E-state index contributed by atoms with van der Waals surface area (Å²) < 4.78 is 16.3. The normalized spacial score (nSPS) is 19.0. The van der Waals surface area contributed by atoms with Crippen LogP contribution in [-0.2, 0) is 13.6 Å². The number of para-hydroxylation sites is 1. The Bertz CT molecular complexity index is 788. The molecule has 0 amide bonds. The first-order valence-corrected chi connectivity index (χ1v) is 7.18. The smallest absolute Gasteiger partial charge is 0.316 e. The molecule has 0 radical (unpaired) electrons. The van der Waals surface area contributed by atoms with E-state index in [4.69, 9.17) is 0 Å². The van der Waals surface area contributed by atoms with Crippen LogP contribution in [0.3, 0.4) is 0 Å². The molecule has 1 aromatic carbocycles. The van der Waals surface area contributed by atoms with Crippen molar-refractivity contribution >= 4 is 10.9 Å². The lowest BCUT2D eigenvalue weighted by molar-refractivity contribution is 0.327. The van der Waals surface area contributed by atoms with Crippen LogP contribution in [0.1, 0.15) is 12.8 Å². The highest BCUT2D eigenvalue weighted by atomic mass is 19.1. The number of nitrogens with one attached hydrogen (secondary N) is 1. The van der Waals surface area contributed by atoms with Gasteiger partial charge >= 0.3 is 5.69 Å². The Labute approximate surface area is 121 Å².